The number of aromatic amines is 1. The number of aryl methyl sites for hydroxylation is 2. The van der Waals surface area contributed by atoms with E-state index in [2.05, 4.69) is 56.1 Å². The van der Waals surface area contributed by atoms with Crippen LogP contribution in [0.3, 0.4) is 0 Å². The molecule has 1 unspecified atom stereocenters. The van der Waals surface area contributed by atoms with E-state index in [1.54, 1.807) is 0 Å². The molecule has 0 radical (unpaired) electrons. The van der Waals surface area contributed by atoms with Crippen LogP contribution in [0, 0.1) is 13.8 Å². The summed E-state index contributed by atoms with van der Waals surface area (Å²) in [4.78, 5) is 0. The molecule has 0 spiro atoms. The van der Waals surface area contributed by atoms with Crippen LogP contribution in [0.1, 0.15) is 62.3 Å². The maximum absolute atomic E-state index is 6.14. The summed E-state index contributed by atoms with van der Waals surface area (Å²) in [6, 6.07) is 6.53. The average molecular weight is 285 g/mol. The molecular weight excluding hydrogens is 258 g/mol. The molecule has 3 N–H and O–H groups in total. The number of anilines is 1. The summed E-state index contributed by atoms with van der Waals surface area (Å²) < 4.78 is 0. The van der Waals surface area contributed by atoms with Crippen molar-refractivity contribution in [2.24, 2.45) is 0 Å². The Morgan fingerprint density at radius 3 is 2.57 bits per heavy atom. The fraction of sp³-hybridized carbons (Fsp3) is 0.500. The number of nitrogens with zero attached hydrogens (tertiary/aromatic N) is 1. The number of hydrogen-bond acceptors (Lipinski definition) is 2. The highest BCUT2D eigenvalue weighted by atomic mass is 15.2. The minimum absolute atomic E-state index is 0.506. The second kappa shape index (κ2) is 6.79. The molecule has 3 nitrogen and oxygen atoms in total. The molecule has 0 saturated heterocycles. The van der Waals surface area contributed by atoms with E-state index in [9.17, 15) is 0 Å². The van der Waals surface area contributed by atoms with E-state index >= 15 is 0 Å². The SMILES string of the molecule is CCCCC(CC)c1[nH]nc(N)c1-c1ccc(C)c(C)c1. The maximum atomic E-state index is 6.14. The monoisotopic (exact) mass is 285 g/mol. The number of H-pyrrole nitrogens is 1. The summed E-state index contributed by atoms with van der Waals surface area (Å²) in [6.07, 6.45) is 4.76. The first-order chi connectivity index (χ1) is 10.1. The Morgan fingerprint density at radius 2 is 1.95 bits per heavy atom. The van der Waals surface area contributed by atoms with Crippen LogP contribution >= 0.6 is 0 Å². The van der Waals surface area contributed by atoms with Crippen LogP contribution in [0.25, 0.3) is 11.1 Å². The first-order valence-corrected chi connectivity index (χ1v) is 7.99. The molecule has 114 valence electrons. The molecule has 1 aromatic heterocycles. The minimum atomic E-state index is 0.506. The van der Waals surface area contributed by atoms with Gasteiger partial charge in [0, 0.05) is 17.2 Å². The van der Waals surface area contributed by atoms with Gasteiger partial charge in [-0.1, -0.05) is 44.9 Å². The predicted octanol–water partition coefficient (Wildman–Crippen LogP) is 4.96. The summed E-state index contributed by atoms with van der Waals surface area (Å²) in [7, 11) is 0. The van der Waals surface area contributed by atoms with Crippen LogP contribution in [0.5, 0.6) is 0 Å². The van der Waals surface area contributed by atoms with Crippen molar-refractivity contribution in [2.45, 2.75) is 59.3 Å². The Balaban J connectivity index is 2.43. The van der Waals surface area contributed by atoms with Gasteiger partial charge in [-0.05, 0) is 43.4 Å². The van der Waals surface area contributed by atoms with E-state index in [-0.39, 0.29) is 0 Å². The van der Waals surface area contributed by atoms with Crippen molar-refractivity contribution in [2.75, 3.05) is 5.73 Å². The zero-order valence-electron chi connectivity index (χ0n) is 13.7. The molecule has 21 heavy (non-hydrogen) atoms. The van der Waals surface area contributed by atoms with Gasteiger partial charge in [-0.2, -0.15) is 5.10 Å². The summed E-state index contributed by atoms with van der Waals surface area (Å²) in [5, 5.41) is 7.47. The topological polar surface area (TPSA) is 54.7 Å². The van der Waals surface area contributed by atoms with Crippen molar-refractivity contribution in [3.8, 4) is 11.1 Å². The number of nitrogens with two attached hydrogens (primary N) is 1. The van der Waals surface area contributed by atoms with Gasteiger partial charge < -0.3 is 5.73 Å². The predicted molar refractivity (Wildman–Crippen MR) is 90.5 cm³/mol. The highest BCUT2D eigenvalue weighted by Crippen LogP contribution is 2.36. The molecule has 1 atom stereocenters. The van der Waals surface area contributed by atoms with Crippen molar-refractivity contribution < 1.29 is 0 Å². The fourth-order valence-electron chi connectivity index (χ4n) is 2.87. The van der Waals surface area contributed by atoms with Crippen molar-refractivity contribution in [1.29, 1.82) is 0 Å². The van der Waals surface area contributed by atoms with Gasteiger partial charge in [0.05, 0.1) is 0 Å². The van der Waals surface area contributed by atoms with Crippen LogP contribution in [0.2, 0.25) is 0 Å². The molecule has 1 heterocycles. The third kappa shape index (κ3) is 3.29. The van der Waals surface area contributed by atoms with Crippen LogP contribution in [0.15, 0.2) is 18.2 Å². The lowest BCUT2D eigenvalue weighted by molar-refractivity contribution is 0.557. The molecule has 3 heteroatoms. The van der Waals surface area contributed by atoms with Gasteiger partial charge in [0.15, 0.2) is 5.82 Å². The second-order valence-corrected chi connectivity index (χ2v) is 5.94. The van der Waals surface area contributed by atoms with Gasteiger partial charge in [-0.15, -0.1) is 0 Å². The number of aromatic nitrogens is 2. The van der Waals surface area contributed by atoms with Crippen LogP contribution in [-0.2, 0) is 0 Å². The minimum Gasteiger partial charge on any atom is -0.382 e. The zero-order chi connectivity index (χ0) is 15.4. The molecule has 0 aliphatic rings. The molecular formula is C18H27N3. The van der Waals surface area contributed by atoms with E-state index in [1.165, 1.54) is 41.6 Å². The number of nitrogens with one attached hydrogen (secondary N) is 1. The smallest absolute Gasteiger partial charge is 0.153 e. The van der Waals surface area contributed by atoms with Gasteiger partial charge in [0.2, 0.25) is 0 Å². The summed E-state index contributed by atoms with van der Waals surface area (Å²) in [5.41, 5.74) is 12.2. The normalized spacial score (nSPS) is 12.6. The van der Waals surface area contributed by atoms with Crippen LogP contribution < -0.4 is 5.73 Å². The van der Waals surface area contributed by atoms with Gasteiger partial charge in [-0.3, -0.25) is 5.10 Å². The molecule has 0 bridgehead atoms. The number of unbranched alkanes of at least 4 members (excludes halogenated alkanes) is 1. The Bertz CT molecular complexity index is 599. The highest BCUT2D eigenvalue weighted by molar-refractivity contribution is 5.77. The summed E-state index contributed by atoms with van der Waals surface area (Å²) >= 11 is 0. The molecule has 0 aliphatic heterocycles. The van der Waals surface area contributed by atoms with E-state index in [0.717, 1.165) is 12.0 Å². The average Bonchev–Trinajstić information content (AvgIpc) is 2.85. The van der Waals surface area contributed by atoms with Crippen molar-refractivity contribution in [3.05, 3.63) is 35.0 Å². The molecule has 0 fully saturated rings. The first kappa shape index (κ1) is 15.6. The van der Waals surface area contributed by atoms with Gasteiger partial charge >= 0.3 is 0 Å². The van der Waals surface area contributed by atoms with E-state index in [1.807, 2.05) is 0 Å². The highest BCUT2D eigenvalue weighted by Gasteiger charge is 2.20. The Hall–Kier alpha value is -1.77. The summed E-state index contributed by atoms with van der Waals surface area (Å²) in [6.45, 7) is 8.75. The molecule has 1 aromatic carbocycles. The molecule has 0 saturated carbocycles. The largest absolute Gasteiger partial charge is 0.382 e. The first-order valence-electron chi connectivity index (χ1n) is 7.99. The Morgan fingerprint density at radius 1 is 1.19 bits per heavy atom. The summed E-state index contributed by atoms with van der Waals surface area (Å²) in [5.74, 6) is 1.12. The Kier molecular flexibility index (Phi) is 5.05. The van der Waals surface area contributed by atoms with Gasteiger partial charge in [0.25, 0.3) is 0 Å². The number of benzene rings is 1. The lowest BCUT2D eigenvalue weighted by Gasteiger charge is -2.15. The van der Waals surface area contributed by atoms with Crippen molar-refractivity contribution in [3.63, 3.8) is 0 Å². The standard InChI is InChI=1S/C18H27N3/c1-5-7-8-14(6-2)17-16(18(19)21-20-17)15-10-9-12(3)13(4)11-15/h9-11,14H,5-8H2,1-4H3,(H3,19,20,21). The quantitative estimate of drug-likeness (QED) is 0.788. The molecule has 2 rings (SSSR count). The van der Waals surface area contributed by atoms with Crippen molar-refractivity contribution >= 4 is 5.82 Å². The Labute approximate surface area is 128 Å². The second-order valence-electron chi connectivity index (χ2n) is 5.94. The zero-order valence-corrected chi connectivity index (χ0v) is 13.7. The fourth-order valence-corrected chi connectivity index (χ4v) is 2.87. The van der Waals surface area contributed by atoms with E-state index in [0.29, 0.717) is 11.7 Å². The number of rotatable bonds is 6. The number of nitrogen functional groups attached to an aromatic ring is 1. The van der Waals surface area contributed by atoms with Crippen LogP contribution in [-0.4, -0.2) is 10.2 Å². The third-order valence-corrected chi connectivity index (χ3v) is 4.43. The molecule has 0 aliphatic carbocycles. The third-order valence-electron chi connectivity index (χ3n) is 4.43. The molecule has 2 aromatic rings. The lowest BCUT2D eigenvalue weighted by atomic mass is 9.90. The van der Waals surface area contributed by atoms with E-state index in [4.69, 9.17) is 5.73 Å². The number of hydrogen-bond donors (Lipinski definition) is 2. The van der Waals surface area contributed by atoms with Crippen molar-refractivity contribution in [1.82, 2.24) is 10.2 Å². The van der Waals surface area contributed by atoms with Crippen LogP contribution in [0.4, 0.5) is 5.82 Å². The van der Waals surface area contributed by atoms with Gasteiger partial charge in [0.1, 0.15) is 0 Å². The maximum Gasteiger partial charge on any atom is 0.153 e. The van der Waals surface area contributed by atoms with Gasteiger partial charge in [-0.25, -0.2) is 0 Å². The molecule has 0 amide bonds. The lowest BCUT2D eigenvalue weighted by Crippen LogP contribution is -2.01. The van der Waals surface area contributed by atoms with E-state index < -0.39 is 0 Å².